The first-order valence-corrected chi connectivity index (χ1v) is 6.09. The van der Waals surface area contributed by atoms with Crippen LogP contribution in [-0.4, -0.2) is 32.2 Å². The van der Waals surface area contributed by atoms with Gasteiger partial charge >= 0.3 is 6.18 Å². The molecule has 0 heterocycles. The largest absolute Gasteiger partial charge is 0.402 e. The van der Waals surface area contributed by atoms with E-state index in [0.717, 1.165) is 0 Å². The molecule has 0 fully saturated rings. The summed E-state index contributed by atoms with van der Waals surface area (Å²) in [5, 5.41) is 0. The van der Waals surface area contributed by atoms with Gasteiger partial charge in [0.15, 0.2) is 0 Å². The van der Waals surface area contributed by atoms with Crippen LogP contribution in [0, 0.1) is 0 Å². The normalized spacial score (nSPS) is 14.8. The van der Waals surface area contributed by atoms with Crippen LogP contribution in [0.3, 0.4) is 0 Å². The summed E-state index contributed by atoms with van der Waals surface area (Å²) in [6.07, 6.45) is -4.36. The van der Waals surface area contributed by atoms with Crippen LogP contribution in [0.1, 0.15) is 13.3 Å². The highest BCUT2D eigenvalue weighted by atomic mass is 32.2. The predicted molar refractivity (Wildman–Crippen MR) is 57.0 cm³/mol. The minimum Gasteiger partial charge on any atom is -0.392 e. The maximum absolute atomic E-state index is 11.8. The Morgan fingerprint density at radius 3 is 2.31 bits per heavy atom. The van der Waals surface area contributed by atoms with Crippen molar-refractivity contribution < 1.29 is 21.6 Å². The lowest BCUT2D eigenvalue weighted by molar-refractivity contribution is -0.121. The molecular weight excluding hydrogens is 267 g/mol. The summed E-state index contributed by atoms with van der Waals surface area (Å²) >= 11 is 4.54. The molecule has 16 heavy (non-hydrogen) atoms. The van der Waals surface area contributed by atoms with Gasteiger partial charge in [0.05, 0.1) is 11.0 Å². The summed E-state index contributed by atoms with van der Waals surface area (Å²) in [5.74, 6) is 0. The van der Waals surface area contributed by atoms with E-state index in [1.54, 1.807) is 6.92 Å². The molecule has 0 aromatic heterocycles. The first-order chi connectivity index (χ1) is 7.07. The van der Waals surface area contributed by atoms with Crippen molar-refractivity contribution in [2.45, 2.75) is 25.6 Å². The van der Waals surface area contributed by atoms with Crippen molar-refractivity contribution in [1.29, 1.82) is 0 Å². The molecule has 0 aliphatic carbocycles. The van der Waals surface area contributed by atoms with Gasteiger partial charge in [-0.1, -0.05) is 19.1 Å². The molecule has 1 atom stereocenters. The number of hydrogen-bond acceptors (Lipinski definition) is 3. The fourth-order valence-corrected chi connectivity index (χ4v) is 2.15. The Balaban J connectivity index is 4.41. The van der Waals surface area contributed by atoms with Gasteiger partial charge < -0.3 is 5.73 Å². The van der Waals surface area contributed by atoms with Crippen molar-refractivity contribution >= 4 is 27.4 Å². The molecule has 0 aliphatic rings. The second-order valence-corrected chi connectivity index (χ2v) is 4.92. The summed E-state index contributed by atoms with van der Waals surface area (Å²) in [7, 11) is -4.26. The third-order valence-corrected chi connectivity index (χ3v) is 2.92. The predicted octanol–water partition coefficient (Wildman–Crippen LogP) is 0.0374. The van der Waals surface area contributed by atoms with Gasteiger partial charge in [-0.2, -0.15) is 31.0 Å². The number of hydrogen-bond donors (Lipinski definition) is 3. The molecule has 0 aromatic carbocycles. The van der Waals surface area contributed by atoms with Gasteiger partial charge in [-0.3, -0.25) is 0 Å². The highest BCUT2D eigenvalue weighted by Crippen LogP contribution is 2.12. The number of thiocarbonyl (C=S) groups is 1. The number of rotatable bonds is 6. The smallest absolute Gasteiger partial charge is 0.392 e. The Bertz CT molecular complexity index is 341. The van der Waals surface area contributed by atoms with Gasteiger partial charge in [-0.25, -0.2) is 0 Å². The summed E-state index contributed by atoms with van der Waals surface area (Å²) in [5.41, 5.74) is 5.19. The Hall–Kier alpha value is -0.450. The zero-order chi connectivity index (χ0) is 13.0. The van der Waals surface area contributed by atoms with Crippen molar-refractivity contribution in [3.05, 3.63) is 0 Å². The summed E-state index contributed by atoms with van der Waals surface area (Å²) < 4.78 is 60.8. The SMILES string of the molecule is CCC(NS(=O)(=O)NCC(F)(F)F)C(N)=S. The molecule has 0 bridgehead atoms. The van der Waals surface area contributed by atoms with E-state index in [0.29, 0.717) is 0 Å². The van der Waals surface area contributed by atoms with Gasteiger partial charge in [0.1, 0.15) is 6.54 Å². The Morgan fingerprint density at radius 1 is 1.50 bits per heavy atom. The third kappa shape index (κ3) is 6.93. The molecule has 0 aliphatic heterocycles. The van der Waals surface area contributed by atoms with E-state index in [2.05, 4.69) is 12.2 Å². The fraction of sp³-hybridized carbons (Fsp3) is 0.833. The molecule has 5 nitrogen and oxygen atoms in total. The van der Waals surface area contributed by atoms with Crippen LogP contribution in [-0.2, 0) is 10.2 Å². The van der Waals surface area contributed by atoms with Crippen molar-refractivity contribution in [2.75, 3.05) is 6.54 Å². The monoisotopic (exact) mass is 279 g/mol. The minimum atomic E-state index is -4.61. The molecule has 96 valence electrons. The second kappa shape index (κ2) is 5.75. The van der Waals surface area contributed by atoms with Crippen LogP contribution in [0.4, 0.5) is 13.2 Å². The van der Waals surface area contributed by atoms with E-state index in [1.807, 2.05) is 4.72 Å². The summed E-state index contributed by atoms with van der Waals surface area (Å²) in [6.45, 7) is -0.0494. The number of halogens is 3. The Kier molecular flexibility index (Phi) is 5.59. The Morgan fingerprint density at radius 2 is 2.00 bits per heavy atom. The number of nitrogens with one attached hydrogen (secondary N) is 2. The van der Waals surface area contributed by atoms with Gasteiger partial charge in [0.2, 0.25) is 0 Å². The molecule has 10 heteroatoms. The highest BCUT2D eigenvalue weighted by molar-refractivity contribution is 7.87. The van der Waals surface area contributed by atoms with E-state index in [1.165, 1.54) is 4.72 Å². The fourth-order valence-electron chi connectivity index (χ4n) is 0.748. The highest BCUT2D eigenvalue weighted by Gasteiger charge is 2.30. The van der Waals surface area contributed by atoms with E-state index >= 15 is 0 Å². The molecule has 0 rings (SSSR count). The van der Waals surface area contributed by atoms with Crippen LogP contribution in [0.25, 0.3) is 0 Å². The quantitative estimate of drug-likeness (QED) is 0.599. The van der Waals surface area contributed by atoms with Gasteiger partial charge in [0.25, 0.3) is 10.2 Å². The van der Waals surface area contributed by atoms with E-state index in [4.69, 9.17) is 5.73 Å². The number of nitrogens with two attached hydrogens (primary N) is 1. The molecule has 0 radical (unpaired) electrons. The van der Waals surface area contributed by atoms with Crippen molar-refractivity contribution in [2.24, 2.45) is 5.73 Å². The lowest BCUT2D eigenvalue weighted by Crippen LogP contribution is -2.49. The van der Waals surface area contributed by atoms with Crippen LogP contribution in [0.2, 0.25) is 0 Å². The first kappa shape index (κ1) is 15.6. The van der Waals surface area contributed by atoms with Gasteiger partial charge in [0, 0.05) is 0 Å². The lowest BCUT2D eigenvalue weighted by atomic mass is 10.2. The maximum atomic E-state index is 11.8. The molecule has 0 spiro atoms. The van der Waals surface area contributed by atoms with Crippen LogP contribution in [0.15, 0.2) is 0 Å². The topological polar surface area (TPSA) is 84.2 Å². The van der Waals surface area contributed by atoms with Crippen molar-refractivity contribution in [1.82, 2.24) is 9.44 Å². The summed E-state index contributed by atoms with van der Waals surface area (Å²) in [4.78, 5) is -0.125. The molecular formula is C6H12F3N3O2S2. The average Bonchev–Trinajstić information content (AvgIpc) is 2.10. The zero-order valence-electron chi connectivity index (χ0n) is 8.34. The molecule has 0 saturated heterocycles. The van der Waals surface area contributed by atoms with Gasteiger partial charge in [-0.15, -0.1) is 0 Å². The molecule has 1 unspecified atom stereocenters. The molecule has 0 amide bonds. The zero-order valence-corrected chi connectivity index (χ0v) is 9.97. The van der Waals surface area contributed by atoms with Crippen LogP contribution >= 0.6 is 12.2 Å². The van der Waals surface area contributed by atoms with Crippen LogP contribution in [0.5, 0.6) is 0 Å². The van der Waals surface area contributed by atoms with E-state index in [-0.39, 0.29) is 11.4 Å². The van der Waals surface area contributed by atoms with Crippen LogP contribution < -0.4 is 15.2 Å². The third-order valence-electron chi connectivity index (χ3n) is 1.51. The molecule has 4 N–H and O–H groups in total. The lowest BCUT2D eigenvalue weighted by Gasteiger charge is -2.16. The molecule has 0 aromatic rings. The summed E-state index contributed by atoms with van der Waals surface area (Å²) in [6, 6.07) is -0.860. The Labute approximate surface area is 96.8 Å². The standard InChI is InChI=1S/C6H12F3N3O2S2/c1-2-4(5(10)15)12-16(13,14)11-3-6(7,8)9/h4,11-12H,2-3H2,1H3,(H2,10,15). The van der Waals surface area contributed by atoms with E-state index in [9.17, 15) is 21.6 Å². The first-order valence-electron chi connectivity index (χ1n) is 4.20. The van der Waals surface area contributed by atoms with E-state index < -0.39 is 29.0 Å². The second-order valence-electron chi connectivity index (χ2n) is 2.92. The maximum Gasteiger partial charge on any atom is 0.402 e. The van der Waals surface area contributed by atoms with Crippen molar-refractivity contribution in [3.8, 4) is 0 Å². The number of alkyl halides is 3. The molecule has 0 saturated carbocycles. The average molecular weight is 279 g/mol. The van der Waals surface area contributed by atoms with Gasteiger partial charge in [-0.05, 0) is 6.42 Å². The minimum absolute atomic E-state index is 0.125. The van der Waals surface area contributed by atoms with Crippen molar-refractivity contribution in [3.63, 3.8) is 0 Å².